The first-order valence-electron chi connectivity index (χ1n) is 13.7. The normalized spacial score (nSPS) is 22.6. The van der Waals surface area contributed by atoms with Gasteiger partial charge >= 0.3 is 0 Å². The summed E-state index contributed by atoms with van der Waals surface area (Å²) in [7, 11) is 0. The lowest BCUT2D eigenvalue weighted by molar-refractivity contribution is -0.384. The number of furan rings is 1. The first kappa shape index (κ1) is 27.2. The Kier molecular flexibility index (Phi) is 7.40. The Morgan fingerprint density at radius 1 is 1.05 bits per heavy atom. The second-order valence-corrected chi connectivity index (χ2v) is 11.8. The number of halogens is 1. The van der Waals surface area contributed by atoms with Gasteiger partial charge < -0.3 is 19.5 Å². The molecule has 4 heterocycles. The fourth-order valence-electron chi connectivity index (χ4n) is 6.12. The molecule has 41 heavy (non-hydrogen) atoms. The predicted octanol–water partition coefficient (Wildman–Crippen LogP) is 7.56. The van der Waals surface area contributed by atoms with Gasteiger partial charge in [-0.2, -0.15) is 0 Å². The average molecular weight is 588 g/mol. The number of anilines is 2. The molecule has 2 aromatic heterocycles. The van der Waals surface area contributed by atoms with Gasteiger partial charge in [-0.1, -0.05) is 43.6 Å². The highest BCUT2D eigenvalue weighted by atomic mass is 35.5. The van der Waals surface area contributed by atoms with Crippen molar-refractivity contribution >= 4 is 46.0 Å². The number of nitrogens with one attached hydrogen (secondary N) is 1. The van der Waals surface area contributed by atoms with Gasteiger partial charge in [0.15, 0.2) is 5.11 Å². The van der Waals surface area contributed by atoms with E-state index < -0.39 is 4.92 Å². The molecule has 0 aliphatic carbocycles. The number of thiocarbonyl (C=S) groups is 1. The zero-order valence-electron chi connectivity index (χ0n) is 22.7. The molecule has 0 unspecified atom stereocenters. The van der Waals surface area contributed by atoms with Gasteiger partial charge in [-0.3, -0.25) is 15.1 Å². The highest BCUT2D eigenvalue weighted by Gasteiger charge is 2.43. The van der Waals surface area contributed by atoms with Gasteiger partial charge in [0, 0.05) is 42.7 Å². The lowest BCUT2D eigenvalue weighted by Gasteiger charge is -2.37. The molecule has 0 saturated carbocycles. The Morgan fingerprint density at radius 3 is 2.56 bits per heavy atom. The Labute approximate surface area is 249 Å². The van der Waals surface area contributed by atoms with Crippen LogP contribution >= 0.6 is 23.8 Å². The summed E-state index contributed by atoms with van der Waals surface area (Å²) >= 11 is 12.8. The minimum absolute atomic E-state index is 0.00405. The van der Waals surface area contributed by atoms with E-state index >= 15 is 0 Å². The molecule has 210 valence electrons. The van der Waals surface area contributed by atoms with Gasteiger partial charge in [0.1, 0.15) is 17.6 Å². The smallest absolute Gasteiger partial charge is 0.270 e. The SMILES string of the molecule is C[C@@H]1C[C@H](C)CN(c2ccc(N3C(=S)N[C@H](c4ccccn4)[C@@H]3c3ccc(-c4cccc([N+](=O)[O-])c4)o3)cc2Cl)C1. The van der Waals surface area contributed by atoms with E-state index in [1.807, 2.05) is 41.3 Å². The lowest BCUT2D eigenvalue weighted by Crippen LogP contribution is -2.38. The number of pyridine rings is 1. The summed E-state index contributed by atoms with van der Waals surface area (Å²) in [6.45, 7) is 6.52. The van der Waals surface area contributed by atoms with Crippen molar-refractivity contribution in [2.24, 2.45) is 11.8 Å². The van der Waals surface area contributed by atoms with Crippen LogP contribution in [0.1, 0.15) is 43.8 Å². The van der Waals surface area contributed by atoms with E-state index in [2.05, 4.69) is 41.2 Å². The molecule has 2 saturated heterocycles. The largest absolute Gasteiger partial charge is 0.459 e. The van der Waals surface area contributed by atoms with Crippen molar-refractivity contribution in [1.82, 2.24) is 10.3 Å². The number of aromatic nitrogens is 1. The third-order valence-corrected chi connectivity index (χ3v) is 8.39. The average Bonchev–Trinajstić information content (AvgIpc) is 3.57. The first-order valence-corrected chi connectivity index (χ1v) is 14.5. The molecule has 6 rings (SSSR count). The fourth-order valence-corrected chi connectivity index (χ4v) is 6.76. The van der Waals surface area contributed by atoms with Crippen LogP contribution in [0.2, 0.25) is 5.02 Å². The molecule has 2 aliphatic heterocycles. The third-order valence-electron chi connectivity index (χ3n) is 7.78. The Hall–Kier alpha value is -3.95. The number of benzene rings is 2. The van der Waals surface area contributed by atoms with E-state index in [4.69, 9.17) is 28.2 Å². The zero-order valence-corrected chi connectivity index (χ0v) is 24.3. The van der Waals surface area contributed by atoms with Gasteiger partial charge in [-0.05, 0) is 72.9 Å². The molecule has 0 radical (unpaired) electrons. The van der Waals surface area contributed by atoms with E-state index in [0.29, 0.717) is 39.1 Å². The minimum Gasteiger partial charge on any atom is -0.459 e. The standard InChI is InChI=1S/C31H30ClN5O3S/c1-19-14-20(2)18-35(17-19)26-10-9-22(16-24(26)32)36-30(29(34-31(36)41)25-8-3-4-13-33-25)28-12-11-27(40-28)21-6-5-7-23(15-21)37(38)39/h3-13,15-16,19-20,29-30H,14,17-18H2,1-2H3,(H,34,41)/t19-,20+,29-,30+/m1/s1. The molecule has 2 aliphatic rings. The van der Waals surface area contributed by atoms with E-state index in [9.17, 15) is 10.1 Å². The van der Waals surface area contributed by atoms with Crippen LogP contribution in [-0.2, 0) is 0 Å². The number of piperidine rings is 1. The number of hydrogen-bond donors (Lipinski definition) is 1. The summed E-state index contributed by atoms with van der Waals surface area (Å²) < 4.78 is 6.38. The lowest BCUT2D eigenvalue weighted by atomic mass is 9.91. The number of hydrogen-bond acceptors (Lipinski definition) is 6. The van der Waals surface area contributed by atoms with Crippen molar-refractivity contribution in [3.63, 3.8) is 0 Å². The van der Waals surface area contributed by atoms with Crippen LogP contribution in [-0.4, -0.2) is 28.1 Å². The molecule has 0 spiro atoms. The summed E-state index contributed by atoms with van der Waals surface area (Å²) in [5.74, 6) is 2.39. The quantitative estimate of drug-likeness (QED) is 0.140. The minimum atomic E-state index is -0.413. The Balaban J connectivity index is 1.38. The summed E-state index contributed by atoms with van der Waals surface area (Å²) in [6.07, 6.45) is 2.97. The van der Waals surface area contributed by atoms with Crippen molar-refractivity contribution < 1.29 is 9.34 Å². The number of nitro groups is 1. The van der Waals surface area contributed by atoms with Gasteiger partial charge in [0.05, 0.1) is 27.4 Å². The topological polar surface area (TPSA) is 87.7 Å². The Morgan fingerprint density at radius 2 is 1.85 bits per heavy atom. The summed E-state index contributed by atoms with van der Waals surface area (Å²) in [4.78, 5) is 19.9. The van der Waals surface area contributed by atoms with Crippen molar-refractivity contribution in [2.75, 3.05) is 22.9 Å². The zero-order chi connectivity index (χ0) is 28.7. The van der Waals surface area contributed by atoms with Crippen molar-refractivity contribution in [3.8, 4) is 11.3 Å². The summed E-state index contributed by atoms with van der Waals surface area (Å²) in [5.41, 5.74) is 3.30. The maximum absolute atomic E-state index is 11.3. The molecule has 0 amide bonds. The summed E-state index contributed by atoms with van der Waals surface area (Å²) in [5, 5.41) is 16.0. The Bertz CT molecular complexity index is 1590. The van der Waals surface area contributed by atoms with Gasteiger partial charge in [-0.25, -0.2) is 0 Å². The molecular formula is C31H30ClN5O3S. The molecular weight excluding hydrogens is 558 g/mol. The molecule has 1 N–H and O–H groups in total. The van der Waals surface area contributed by atoms with Crippen LogP contribution in [0.15, 0.2) is 83.4 Å². The first-order chi connectivity index (χ1) is 19.8. The maximum atomic E-state index is 11.3. The molecule has 2 fully saturated rings. The second-order valence-electron chi connectivity index (χ2n) is 11.0. The van der Waals surface area contributed by atoms with Crippen molar-refractivity contribution in [3.05, 3.63) is 106 Å². The molecule has 4 atom stereocenters. The fraction of sp³-hybridized carbons (Fsp3) is 0.290. The predicted molar refractivity (Wildman–Crippen MR) is 165 cm³/mol. The van der Waals surface area contributed by atoms with Gasteiger partial charge in [-0.15, -0.1) is 0 Å². The number of nitrogens with zero attached hydrogens (tertiary/aromatic N) is 4. The number of non-ortho nitro benzene ring substituents is 1. The van der Waals surface area contributed by atoms with E-state index in [0.717, 1.165) is 30.2 Å². The second kappa shape index (κ2) is 11.1. The van der Waals surface area contributed by atoms with Crippen LogP contribution in [0.3, 0.4) is 0 Å². The van der Waals surface area contributed by atoms with E-state index in [1.54, 1.807) is 18.3 Å². The third kappa shape index (κ3) is 5.39. The van der Waals surface area contributed by atoms with E-state index in [1.165, 1.54) is 18.6 Å². The molecule has 0 bridgehead atoms. The monoisotopic (exact) mass is 587 g/mol. The van der Waals surface area contributed by atoms with Crippen LogP contribution in [0.5, 0.6) is 0 Å². The van der Waals surface area contributed by atoms with Gasteiger partial charge in [0.2, 0.25) is 0 Å². The van der Waals surface area contributed by atoms with Crippen LogP contribution in [0.4, 0.5) is 17.1 Å². The van der Waals surface area contributed by atoms with Crippen LogP contribution in [0.25, 0.3) is 11.3 Å². The molecule has 4 aromatic rings. The summed E-state index contributed by atoms with van der Waals surface area (Å²) in [6, 6.07) is 21.3. The molecule has 10 heteroatoms. The highest BCUT2D eigenvalue weighted by molar-refractivity contribution is 7.80. The highest BCUT2D eigenvalue weighted by Crippen LogP contribution is 2.44. The van der Waals surface area contributed by atoms with Crippen LogP contribution in [0, 0.1) is 22.0 Å². The molecule has 2 aromatic carbocycles. The molecule has 8 nitrogen and oxygen atoms in total. The van der Waals surface area contributed by atoms with Gasteiger partial charge in [0.25, 0.3) is 5.69 Å². The van der Waals surface area contributed by atoms with Crippen molar-refractivity contribution in [2.45, 2.75) is 32.4 Å². The number of rotatable bonds is 6. The van der Waals surface area contributed by atoms with Crippen LogP contribution < -0.4 is 15.1 Å². The maximum Gasteiger partial charge on any atom is 0.270 e. The van der Waals surface area contributed by atoms with Crippen molar-refractivity contribution in [1.29, 1.82) is 0 Å². The van der Waals surface area contributed by atoms with E-state index in [-0.39, 0.29) is 17.8 Å². The number of nitro benzene ring substituents is 1.